The van der Waals surface area contributed by atoms with Gasteiger partial charge >= 0.3 is 6.18 Å². The second-order valence-corrected chi connectivity index (χ2v) is 8.00. The van der Waals surface area contributed by atoms with Gasteiger partial charge in [-0.15, -0.1) is 0 Å². The van der Waals surface area contributed by atoms with E-state index in [1.807, 2.05) is 6.07 Å². The van der Waals surface area contributed by atoms with Gasteiger partial charge in [0.05, 0.1) is 26.0 Å². The Morgan fingerprint density at radius 1 is 1.19 bits per heavy atom. The number of nitrogens with zero attached hydrogens (tertiary/aromatic N) is 2. The van der Waals surface area contributed by atoms with Gasteiger partial charge in [-0.05, 0) is 42.2 Å². The summed E-state index contributed by atoms with van der Waals surface area (Å²) in [7, 11) is 1.54. The zero-order valence-electron chi connectivity index (χ0n) is 17.4. The number of halogens is 3. The normalized spacial score (nSPS) is 19.2. The lowest BCUT2D eigenvalue weighted by Gasteiger charge is -2.30. The quantitative estimate of drug-likeness (QED) is 0.673. The Bertz CT molecular complexity index is 1020. The van der Waals surface area contributed by atoms with E-state index < -0.39 is 23.4 Å². The third kappa shape index (κ3) is 4.05. The molecular weight excluding hydrogens is 429 g/mol. The minimum atomic E-state index is -5.28. The molecule has 1 fully saturated rings. The number of hydrogen-bond acceptors (Lipinski definition) is 7. The molecular formula is C22H23F3N2O5. The minimum Gasteiger partial charge on any atom is -0.495 e. The number of Topliss-reactive ketones (excluding diaryl/α,β-unsaturated/α-hetero) is 1. The van der Waals surface area contributed by atoms with Gasteiger partial charge in [0.15, 0.2) is 5.78 Å². The van der Waals surface area contributed by atoms with Gasteiger partial charge in [0.1, 0.15) is 5.75 Å². The third-order valence-electron chi connectivity index (χ3n) is 5.93. The van der Waals surface area contributed by atoms with E-state index in [1.54, 1.807) is 6.07 Å². The average Bonchev–Trinajstić information content (AvgIpc) is 3.07. The first-order valence-corrected chi connectivity index (χ1v) is 10.2. The lowest BCUT2D eigenvalue weighted by molar-refractivity contribution is -0.358. The number of anilines is 1. The van der Waals surface area contributed by atoms with Crippen LogP contribution in [0.3, 0.4) is 0 Å². The predicted molar refractivity (Wildman–Crippen MR) is 108 cm³/mol. The number of rotatable bonds is 5. The van der Waals surface area contributed by atoms with Crippen LogP contribution < -0.4 is 9.64 Å². The fraction of sp³-hybridized carbons (Fsp3) is 0.455. The van der Waals surface area contributed by atoms with Crippen LogP contribution in [0.25, 0.3) is 0 Å². The second kappa shape index (κ2) is 8.34. The standard InChI is InChI=1S/C22H23F3N2O5/c1-31-19-10-17-14(9-18(19)27-2-4-32-5-3-27)8-15(20(17)28)6-13-7-16(12-26-11-13)21(29,30)22(23,24)25/h7,9-12,15,29-30H,2-6,8H2,1H3. The van der Waals surface area contributed by atoms with Gasteiger partial charge < -0.3 is 24.6 Å². The largest absolute Gasteiger partial charge is 0.495 e. The van der Waals surface area contributed by atoms with E-state index in [9.17, 15) is 28.2 Å². The highest BCUT2D eigenvalue weighted by Gasteiger charge is 2.54. The van der Waals surface area contributed by atoms with Gasteiger partial charge in [-0.25, -0.2) is 0 Å². The molecule has 2 aliphatic rings. The van der Waals surface area contributed by atoms with Crippen LogP contribution in [0.4, 0.5) is 18.9 Å². The molecule has 0 saturated carbocycles. The molecule has 4 rings (SSSR count). The zero-order valence-corrected chi connectivity index (χ0v) is 17.4. The Morgan fingerprint density at radius 2 is 1.91 bits per heavy atom. The Labute approximate surface area is 182 Å². The molecule has 1 atom stereocenters. The van der Waals surface area contributed by atoms with E-state index in [2.05, 4.69) is 9.88 Å². The number of benzene rings is 1. The first-order chi connectivity index (χ1) is 15.1. The molecule has 32 heavy (non-hydrogen) atoms. The molecule has 1 aromatic carbocycles. The van der Waals surface area contributed by atoms with Crippen molar-refractivity contribution in [2.75, 3.05) is 38.3 Å². The monoisotopic (exact) mass is 452 g/mol. The summed E-state index contributed by atoms with van der Waals surface area (Å²) >= 11 is 0. The van der Waals surface area contributed by atoms with Crippen molar-refractivity contribution in [3.63, 3.8) is 0 Å². The summed E-state index contributed by atoms with van der Waals surface area (Å²) in [6.07, 6.45) is -2.66. The number of ether oxygens (including phenoxy) is 2. The number of aromatic nitrogens is 1. The summed E-state index contributed by atoms with van der Waals surface area (Å²) in [5.41, 5.74) is 1.77. The molecule has 7 nitrogen and oxygen atoms in total. The van der Waals surface area contributed by atoms with Crippen LogP contribution >= 0.6 is 0 Å². The number of aliphatic hydroxyl groups is 2. The molecule has 0 radical (unpaired) electrons. The number of hydrogen-bond donors (Lipinski definition) is 2. The van der Waals surface area contributed by atoms with Crippen LogP contribution in [-0.4, -0.2) is 60.6 Å². The van der Waals surface area contributed by atoms with Gasteiger partial charge in [-0.2, -0.15) is 13.2 Å². The van der Waals surface area contributed by atoms with Crippen molar-refractivity contribution >= 4 is 11.5 Å². The van der Waals surface area contributed by atoms with E-state index in [0.29, 0.717) is 49.6 Å². The molecule has 1 unspecified atom stereocenters. The predicted octanol–water partition coefficient (Wildman–Crippen LogP) is 2.22. The third-order valence-corrected chi connectivity index (χ3v) is 5.93. The first-order valence-electron chi connectivity index (χ1n) is 10.2. The Morgan fingerprint density at radius 3 is 2.56 bits per heavy atom. The van der Waals surface area contributed by atoms with Crippen molar-refractivity contribution in [3.8, 4) is 5.75 Å². The molecule has 0 amide bonds. The molecule has 1 aromatic heterocycles. The molecule has 1 aliphatic heterocycles. The number of fused-ring (bicyclic) bond motifs is 1. The summed E-state index contributed by atoms with van der Waals surface area (Å²) in [5, 5.41) is 19.0. The zero-order chi connectivity index (χ0) is 23.1. The molecule has 2 aromatic rings. The van der Waals surface area contributed by atoms with E-state index in [4.69, 9.17) is 9.47 Å². The number of carbonyl (C=O) groups is 1. The second-order valence-electron chi connectivity index (χ2n) is 8.00. The molecule has 1 aliphatic carbocycles. The number of alkyl halides is 3. The maximum absolute atomic E-state index is 13.0. The van der Waals surface area contributed by atoms with Crippen LogP contribution in [0.5, 0.6) is 5.75 Å². The first kappa shape index (κ1) is 22.5. The van der Waals surface area contributed by atoms with E-state index in [1.165, 1.54) is 13.3 Å². The van der Waals surface area contributed by atoms with Gasteiger partial charge in [-0.3, -0.25) is 9.78 Å². The highest BCUT2D eigenvalue weighted by atomic mass is 19.4. The lowest BCUT2D eigenvalue weighted by Crippen LogP contribution is -2.42. The summed E-state index contributed by atoms with van der Waals surface area (Å²) in [6.45, 7) is 2.60. The van der Waals surface area contributed by atoms with Crippen molar-refractivity contribution in [1.82, 2.24) is 4.98 Å². The number of pyridine rings is 1. The van der Waals surface area contributed by atoms with Gasteiger partial charge in [-0.1, -0.05) is 0 Å². The molecule has 2 heterocycles. The minimum absolute atomic E-state index is 0.123. The molecule has 1 saturated heterocycles. The van der Waals surface area contributed by atoms with Crippen molar-refractivity contribution in [2.45, 2.75) is 24.8 Å². The topological polar surface area (TPSA) is 92.1 Å². The van der Waals surface area contributed by atoms with E-state index >= 15 is 0 Å². The summed E-state index contributed by atoms with van der Waals surface area (Å²) in [6, 6.07) is 4.67. The Hall–Kier alpha value is -2.69. The van der Waals surface area contributed by atoms with Gasteiger partial charge in [0, 0.05) is 42.5 Å². The van der Waals surface area contributed by atoms with E-state index in [0.717, 1.165) is 23.5 Å². The fourth-order valence-electron chi connectivity index (χ4n) is 4.21. The fourth-order valence-corrected chi connectivity index (χ4v) is 4.21. The molecule has 172 valence electrons. The molecule has 0 bridgehead atoms. The maximum Gasteiger partial charge on any atom is 0.447 e. The van der Waals surface area contributed by atoms with E-state index in [-0.39, 0.29) is 12.2 Å². The van der Waals surface area contributed by atoms with Crippen molar-refractivity contribution in [1.29, 1.82) is 0 Å². The Kier molecular flexibility index (Phi) is 5.87. The summed E-state index contributed by atoms with van der Waals surface area (Å²) in [5.74, 6) is -4.06. The van der Waals surface area contributed by atoms with Gasteiger partial charge in [0.25, 0.3) is 5.79 Å². The van der Waals surface area contributed by atoms with Gasteiger partial charge in [0.2, 0.25) is 0 Å². The van der Waals surface area contributed by atoms with Crippen LogP contribution in [0.15, 0.2) is 30.6 Å². The van der Waals surface area contributed by atoms with Crippen LogP contribution in [0, 0.1) is 5.92 Å². The maximum atomic E-state index is 13.0. The lowest BCUT2D eigenvalue weighted by atomic mass is 9.95. The summed E-state index contributed by atoms with van der Waals surface area (Å²) < 4.78 is 49.8. The summed E-state index contributed by atoms with van der Waals surface area (Å²) in [4.78, 5) is 18.9. The van der Waals surface area contributed by atoms with Crippen molar-refractivity contribution in [3.05, 3.63) is 52.8 Å². The Balaban J connectivity index is 1.57. The number of methoxy groups -OCH3 is 1. The average molecular weight is 452 g/mol. The highest BCUT2D eigenvalue weighted by molar-refractivity contribution is 6.03. The van der Waals surface area contributed by atoms with Crippen LogP contribution in [-0.2, 0) is 23.4 Å². The SMILES string of the molecule is COc1cc2c(cc1N1CCOCC1)CC(Cc1cncc(C(O)(O)C(F)(F)F)c1)C2=O. The number of ketones is 1. The van der Waals surface area contributed by atoms with Crippen molar-refractivity contribution < 1.29 is 37.7 Å². The number of morpholine rings is 1. The van der Waals surface area contributed by atoms with Crippen molar-refractivity contribution in [2.24, 2.45) is 5.92 Å². The molecule has 10 heteroatoms. The smallest absolute Gasteiger partial charge is 0.447 e. The number of carbonyl (C=O) groups excluding carboxylic acids is 1. The molecule has 2 N–H and O–H groups in total. The molecule has 0 spiro atoms. The van der Waals surface area contributed by atoms with Crippen LogP contribution in [0.1, 0.15) is 27.0 Å². The van der Waals surface area contributed by atoms with Crippen LogP contribution in [0.2, 0.25) is 0 Å². The highest BCUT2D eigenvalue weighted by Crippen LogP contribution is 2.39.